The standard InChI is InChI=1S/C24H19N3O5S/c28-24(26-19-7-9-21-17(14-19)2-1-11-25-21)16-3-5-18(6-4-16)27-33(29,30)20-8-10-22-23(15-20)32-13-12-31-22/h1-11,14-15,27H,12-13H2,(H,26,28). The molecule has 5 rings (SSSR count). The number of sulfonamides is 1. The van der Waals surface area contributed by atoms with Gasteiger partial charge in [0.2, 0.25) is 0 Å². The number of anilines is 2. The molecule has 0 saturated heterocycles. The number of carbonyl (C=O) groups excluding carboxylic acids is 1. The van der Waals surface area contributed by atoms with Gasteiger partial charge in [-0.15, -0.1) is 0 Å². The summed E-state index contributed by atoms with van der Waals surface area (Å²) in [4.78, 5) is 16.9. The van der Waals surface area contributed by atoms with E-state index in [-0.39, 0.29) is 10.8 Å². The van der Waals surface area contributed by atoms with Crippen LogP contribution in [-0.2, 0) is 10.0 Å². The summed E-state index contributed by atoms with van der Waals surface area (Å²) in [5, 5.41) is 3.76. The number of benzene rings is 3. The maximum Gasteiger partial charge on any atom is 0.262 e. The van der Waals surface area contributed by atoms with Gasteiger partial charge in [0.1, 0.15) is 13.2 Å². The lowest BCUT2D eigenvalue weighted by atomic mass is 10.1. The summed E-state index contributed by atoms with van der Waals surface area (Å²) in [6.07, 6.45) is 1.71. The first-order chi connectivity index (χ1) is 16.0. The quantitative estimate of drug-likeness (QED) is 0.464. The van der Waals surface area contributed by atoms with E-state index in [1.165, 1.54) is 24.3 Å². The fourth-order valence-corrected chi connectivity index (χ4v) is 4.52. The van der Waals surface area contributed by atoms with Crippen LogP contribution < -0.4 is 19.5 Å². The van der Waals surface area contributed by atoms with Gasteiger partial charge in [-0.05, 0) is 60.7 Å². The fourth-order valence-electron chi connectivity index (χ4n) is 3.45. The molecule has 166 valence electrons. The van der Waals surface area contributed by atoms with Crippen LogP contribution in [0.5, 0.6) is 11.5 Å². The summed E-state index contributed by atoms with van der Waals surface area (Å²) >= 11 is 0. The van der Waals surface area contributed by atoms with Crippen molar-refractivity contribution in [2.45, 2.75) is 4.90 Å². The maximum atomic E-state index is 12.8. The number of hydrogen-bond donors (Lipinski definition) is 2. The second kappa shape index (κ2) is 8.44. The van der Waals surface area contributed by atoms with Crippen LogP contribution in [0, 0.1) is 0 Å². The van der Waals surface area contributed by atoms with Crippen LogP contribution >= 0.6 is 0 Å². The summed E-state index contributed by atoms with van der Waals surface area (Å²) in [7, 11) is -3.84. The predicted octanol–water partition coefficient (Wildman–Crippen LogP) is 4.06. The van der Waals surface area contributed by atoms with Gasteiger partial charge >= 0.3 is 0 Å². The van der Waals surface area contributed by atoms with Gasteiger partial charge in [-0.3, -0.25) is 14.5 Å². The molecule has 0 radical (unpaired) electrons. The lowest BCUT2D eigenvalue weighted by Crippen LogP contribution is -2.17. The van der Waals surface area contributed by atoms with Gasteiger partial charge < -0.3 is 14.8 Å². The molecule has 4 aromatic rings. The Morgan fingerprint density at radius 1 is 0.848 bits per heavy atom. The van der Waals surface area contributed by atoms with Crippen LogP contribution in [0.25, 0.3) is 10.9 Å². The number of carbonyl (C=O) groups is 1. The highest BCUT2D eigenvalue weighted by Gasteiger charge is 2.19. The molecule has 1 aromatic heterocycles. The molecule has 9 heteroatoms. The Morgan fingerprint density at radius 2 is 1.61 bits per heavy atom. The molecule has 2 heterocycles. The predicted molar refractivity (Wildman–Crippen MR) is 124 cm³/mol. The molecule has 2 N–H and O–H groups in total. The third-order valence-electron chi connectivity index (χ3n) is 5.08. The van der Waals surface area contributed by atoms with Crippen molar-refractivity contribution in [2.24, 2.45) is 0 Å². The van der Waals surface area contributed by atoms with E-state index in [0.717, 1.165) is 10.9 Å². The minimum atomic E-state index is -3.84. The van der Waals surface area contributed by atoms with Crippen molar-refractivity contribution in [3.63, 3.8) is 0 Å². The number of aromatic nitrogens is 1. The normalized spacial score (nSPS) is 12.8. The Kier molecular flexibility index (Phi) is 5.31. The molecule has 3 aromatic carbocycles. The van der Waals surface area contributed by atoms with Crippen molar-refractivity contribution in [2.75, 3.05) is 23.3 Å². The molecule has 0 aliphatic carbocycles. The first-order valence-electron chi connectivity index (χ1n) is 10.2. The van der Waals surface area contributed by atoms with E-state index in [9.17, 15) is 13.2 Å². The first-order valence-corrected chi connectivity index (χ1v) is 11.6. The molecule has 1 amide bonds. The number of pyridine rings is 1. The van der Waals surface area contributed by atoms with Crippen molar-refractivity contribution in [1.82, 2.24) is 4.98 Å². The largest absolute Gasteiger partial charge is 0.486 e. The molecule has 0 bridgehead atoms. The van der Waals surface area contributed by atoms with Gasteiger partial charge in [0, 0.05) is 34.6 Å². The summed E-state index contributed by atoms with van der Waals surface area (Å²) in [6, 6.07) is 19.8. The zero-order valence-corrected chi connectivity index (χ0v) is 18.1. The summed E-state index contributed by atoms with van der Waals surface area (Å²) < 4.78 is 38.9. The van der Waals surface area contributed by atoms with Gasteiger partial charge in [0.25, 0.3) is 15.9 Å². The zero-order chi connectivity index (χ0) is 22.8. The molecule has 0 unspecified atom stereocenters. The molecule has 0 spiro atoms. The molecule has 8 nitrogen and oxygen atoms in total. The van der Waals surface area contributed by atoms with Crippen LogP contribution in [0.3, 0.4) is 0 Å². The fraction of sp³-hybridized carbons (Fsp3) is 0.0833. The number of nitrogens with zero attached hydrogens (tertiary/aromatic N) is 1. The van der Waals surface area contributed by atoms with Gasteiger partial charge in [0.15, 0.2) is 11.5 Å². The summed E-state index contributed by atoms with van der Waals surface area (Å²) in [5.41, 5.74) is 2.20. The topological polar surface area (TPSA) is 107 Å². The van der Waals surface area contributed by atoms with Crippen LogP contribution in [0.4, 0.5) is 11.4 Å². The van der Waals surface area contributed by atoms with Crippen molar-refractivity contribution >= 4 is 38.2 Å². The van der Waals surface area contributed by atoms with Crippen molar-refractivity contribution in [3.8, 4) is 11.5 Å². The zero-order valence-electron chi connectivity index (χ0n) is 17.3. The average Bonchev–Trinajstić information content (AvgIpc) is 2.84. The monoisotopic (exact) mass is 461 g/mol. The second-order valence-electron chi connectivity index (χ2n) is 7.35. The highest BCUT2D eigenvalue weighted by atomic mass is 32.2. The number of hydrogen-bond acceptors (Lipinski definition) is 6. The van der Waals surface area contributed by atoms with Crippen LogP contribution in [0.2, 0.25) is 0 Å². The number of rotatable bonds is 5. The molecule has 0 fully saturated rings. The third kappa shape index (κ3) is 4.44. The van der Waals surface area contributed by atoms with Crippen LogP contribution in [0.15, 0.2) is 83.9 Å². The molecular formula is C24H19N3O5S. The van der Waals surface area contributed by atoms with E-state index < -0.39 is 10.0 Å². The van der Waals surface area contributed by atoms with E-state index in [1.54, 1.807) is 30.5 Å². The van der Waals surface area contributed by atoms with E-state index in [4.69, 9.17) is 9.47 Å². The maximum absolute atomic E-state index is 12.8. The lowest BCUT2D eigenvalue weighted by molar-refractivity contribution is 0.102. The van der Waals surface area contributed by atoms with Crippen molar-refractivity contribution < 1.29 is 22.7 Å². The van der Waals surface area contributed by atoms with Crippen molar-refractivity contribution in [1.29, 1.82) is 0 Å². The smallest absolute Gasteiger partial charge is 0.262 e. The molecule has 1 aliphatic rings. The van der Waals surface area contributed by atoms with Crippen molar-refractivity contribution in [3.05, 3.63) is 84.6 Å². The minimum absolute atomic E-state index is 0.0550. The first kappa shape index (κ1) is 20.8. The number of amides is 1. The van der Waals surface area contributed by atoms with Crippen LogP contribution in [0.1, 0.15) is 10.4 Å². The highest BCUT2D eigenvalue weighted by Crippen LogP contribution is 2.32. The summed E-state index contributed by atoms with van der Waals surface area (Å²) in [5.74, 6) is 0.596. The Bertz CT molecular complexity index is 1450. The second-order valence-corrected chi connectivity index (χ2v) is 9.04. The number of nitrogens with one attached hydrogen (secondary N) is 2. The Labute approximate surface area is 190 Å². The molecular weight excluding hydrogens is 442 g/mol. The van der Waals surface area contributed by atoms with Crippen LogP contribution in [-0.4, -0.2) is 32.5 Å². The molecule has 1 aliphatic heterocycles. The van der Waals surface area contributed by atoms with Gasteiger partial charge in [-0.1, -0.05) is 6.07 Å². The average molecular weight is 461 g/mol. The Morgan fingerprint density at radius 3 is 2.42 bits per heavy atom. The van der Waals surface area contributed by atoms with Gasteiger partial charge in [-0.25, -0.2) is 8.42 Å². The van der Waals surface area contributed by atoms with E-state index in [1.807, 2.05) is 24.3 Å². The molecule has 33 heavy (non-hydrogen) atoms. The lowest BCUT2D eigenvalue weighted by Gasteiger charge is -2.19. The van der Waals surface area contributed by atoms with E-state index in [2.05, 4.69) is 15.0 Å². The Hall–Kier alpha value is -4.11. The highest BCUT2D eigenvalue weighted by molar-refractivity contribution is 7.92. The number of ether oxygens (including phenoxy) is 2. The van der Waals surface area contributed by atoms with Gasteiger partial charge in [-0.2, -0.15) is 0 Å². The minimum Gasteiger partial charge on any atom is -0.486 e. The summed E-state index contributed by atoms with van der Waals surface area (Å²) in [6.45, 7) is 0.791. The Balaban J connectivity index is 1.29. The van der Waals surface area contributed by atoms with Gasteiger partial charge in [0.05, 0.1) is 10.4 Å². The number of fused-ring (bicyclic) bond motifs is 2. The third-order valence-corrected chi connectivity index (χ3v) is 6.46. The van der Waals surface area contributed by atoms with E-state index in [0.29, 0.717) is 41.7 Å². The molecule has 0 saturated carbocycles. The SMILES string of the molecule is O=C(Nc1ccc2ncccc2c1)c1ccc(NS(=O)(=O)c2ccc3c(c2)OCCO3)cc1. The molecule has 0 atom stereocenters. The van der Waals surface area contributed by atoms with E-state index >= 15 is 0 Å².